The molecule has 0 aliphatic rings. The molecule has 0 unspecified atom stereocenters. The molecule has 3 heterocycles. The van der Waals surface area contributed by atoms with Crippen LogP contribution in [0.15, 0.2) is 91.4 Å². The number of hydrogen-bond acceptors (Lipinski definition) is 7. The van der Waals surface area contributed by atoms with Gasteiger partial charge in [0.25, 0.3) is 0 Å². The first-order valence-electron chi connectivity index (χ1n) is 14.5. The number of pyridine rings is 3. The van der Waals surface area contributed by atoms with Crippen molar-refractivity contribution in [1.82, 2.24) is 19.9 Å². The van der Waals surface area contributed by atoms with Crippen LogP contribution in [0, 0.1) is 0 Å². The van der Waals surface area contributed by atoms with E-state index in [9.17, 15) is 0 Å². The predicted molar refractivity (Wildman–Crippen MR) is 187 cm³/mol. The van der Waals surface area contributed by atoms with Crippen LogP contribution >= 0.6 is 34.8 Å². The molecule has 0 atom stereocenters. The summed E-state index contributed by atoms with van der Waals surface area (Å²) in [5.41, 5.74) is 5.86. The molecule has 3 aromatic carbocycles. The summed E-state index contributed by atoms with van der Waals surface area (Å²) >= 11 is 18.7. The quantitative estimate of drug-likeness (QED) is 0.139. The normalized spacial score (nSPS) is 11.5. The van der Waals surface area contributed by atoms with E-state index in [1.54, 1.807) is 0 Å². The van der Waals surface area contributed by atoms with Crippen molar-refractivity contribution in [2.75, 3.05) is 61.8 Å². The van der Waals surface area contributed by atoms with E-state index in [1.165, 1.54) is 0 Å². The number of aromatic nitrogens is 3. The van der Waals surface area contributed by atoms with Crippen LogP contribution in [0.2, 0.25) is 15.1 Å². The molecule has 0 amide bonds. The van der Waals surface area contributed by atoms with E-state index < -0.39 is 0 Å². The van der Waals surface area contributed by atoms with Gasteiger partial charge in [-0.15, -0.1) is 0 Å². The van der Waals surface area contributed by atoms with Gasteiger partial charge in [-0.2, -0.15) is 0 Å². The van der Waals surface area contributed by atoms with E-state index in [0.717, 1.165) is 89.0 Å². The second kappa shape index (κ2) is 13.8. The number of hydrogen-bond donors (Lipinski definition) is 2. The summed E-state index contributed by atoms with van der Waals surface area (Å²) in [6.07, 6.45) is 5.48. The fraction of sp³-hybridized carbons (Fsp3) is 0.206. The van der Waals surface area contributed by atoms with Crippen LogP contribution < -0.4 is 15.5 Å². The number of anilines is 3. The number of benzene rings is 3. The number of halogens is 3. The second-order valence-corrected chi connectivity index (χ2v) is 12.0. The second-order valence-electron chi connectivity index (χ2n) is 10.7. The number of fused-ring (bicyclic) bond motifs is 3. The van der Waals surface area contributed by atoms with Crippen LogP contribution in [-0.4, -0.2) is 66.2 Å². The van der Waals surface area contributed by atoms with E-state index in [-0.39, 0.29) is 0 Å². The Labute approximate surface area is 271 Å². The highest BCUT2D eigenvalue weighted by atomic mass is 35.5. The van der Waals surface area contributed by atoms with Crippen molar-refractivity contribution >= 4 is 84.6 Å². The van der Waals surface area contributed by atoms with E-state index in [0.29, 0.717) is 15.1 Å². The van der Waals surface area contributed by atoms with Crippen molar-refractivity contribution < 1.29 is 0 Å². The summed E-state index contributed by atoms with van der Waals surface area (Å²) in [7, 11) is 2.15. The molecular weight excluding hydrogens is 613 g/mol. The Hall–Kier alpha value is -3.88. The van der Waals surface area contributed by atoms with Gasteiger partial charge in [0.1, 0.15) is 0 Å². The minimum Gasteiger partial charge on any atom is -0.383 e. The molecule has 0 saturated carbocycles. The lowest BCUT2D eigenvalue weighted by atomic mass is 10.1. The van der Waals surface area contributed by atoms with Crippen molar-refractivity contribution in [1.29, 1.82) is 0 Å². The molecular formula is C34H32Cl3N7. The van der Waals surface area contributed by atoms with Crippen LogP contribution in [0.25, 0.3) is 32.7 Å². The molecule has 7 nitrogen and oxygen atoms in total. The Balaban J connectivity index is 1.13. The van der Waals surface area contributed by atoms with Crippen molar-refractivity contribution in [2.45, 2.75) is 0 Å². The van der Waals surface area contributed by atoms with Gasteiger partial charge in [0.2, 0.25) is 0 Å². The zero-order chi connectivity index (χ0) is 30.5. The Morgan fingerprint density at radius 1 is 0.545 bits per heavy atom. The molecule has 6 aromatic rings. The first-order chi connectivity index (χ1) is 21.4. The molecule has 3 aromatic heterocycles. The minimum atomic E-state index is 0.677. The molecule has 0 fully saturated rings. The van der Waals surface area contributed by atoms with Gasteiger partial charge < -0.3 is 20.4 Å². The van der Waals surface area contributed by atoms with Crippen LogP contribution in [0.4, 0.5) is 17.1 Å². The highest BCUT2D eigenvalue weighted by Crippen LogP contribution is 2.29. The van der Waals surface area contributed by atoms with Gasteiger partial charge in [0, 0.05) is 106 Å². The van der Waals surface area contributed by atoms with Crippen molar-refractivity contribution in [3.63, 3.8) is 0 Å². The van der Waals surface area contributed by atoms with Crippen LogP contribution in [0.5, 0.6) is 0 Å². The van der Waals surface area contributed by atoms with Crippen LogP contribution in [-0.2, 0) is 0 Å². The molecule has 0 spiro atoms. The third-order valence-corrected chi connectivity index (χ3v) is 8.40. The Morgan fingerprint density at radius 2 is 1.02 bits per heavy atom. The zero-order valence-electron chi connectivity index (χ0n) is 24.3. The average molecular weight is 645 g/mol. The monoisotopic (exact) mass is 643 g/mol. The Bertz CT molecular complexity index is 1920. The number of nitrogens with one attached hydrogen (secondary N) is 2. The first kappa shape index (κ1) is 30.2. The van der Waals surface area contributed by atoms with E-state index in [2.05, 4.69) is 54.6 Å². The first-order valence-corrected chi connectivity index (χ1v) is 15.6. The highest BCUT2D eigenvalue weighted by molar-refractivity contribution is 6.32. The van der Waals surface area contributed by atoms with Gasteiger partial charge in [-0.1, -0.05) is 34.8 Å². The minimum absolute atomic E-state index is 0.677. The Kier molecular flexibility index (Phi) is 9.48. The zero-order valence-corrected chi connectivity index (χ0v) is 26.5. The molecule has 44 heavy (non-hydrogen) atoms. The van der Waals surface area contributed by atoms with E-state index >= 15 is 0 Å². The van der Waals surface area contributed by atoms with Crippen molar-refractivity contribution in [3.05, 3.63) is 106 Å². The predicted octanol–water partition coefficient (Wildman–Crippen LogP) is 8.25. The smallest absolute Gasteiger partial charge is 0.0737 e. The molecule has 0 aliphatic carbocycles. The average Bonchev–Trinajstić information content (AvgIpc) is 3.02. The number of nitrogens with zero attached hydrogens (tertiary/aromatic N) is 5. The molecule has 6 rings (SSSR count). The van der Waals surface area contributed by atoms with Gasteiger partial charge in [-0.3, -0.25) is 15.0 Å². The summed E-state index contributed by atoms with van der Waals surface area (Å²) in [5.74, 6) is 0. The van der Waals surface area contributed by atoms with Gasteiger partial charge >= 0.3 is 0 Å². The van der Waals surface area contributed by atoms with Gasteiger partial charge in [0.15, 0.2) is 0 Å². The summed E-state index contributed by atoms with van der Waals surface area (Å²) < 4.78 is 0. The lowest BCUT2D eigenvalue weighted by Gasteiger charge is -2.29. The summed E-state index contributed by atoms with van der Waals surface area (Å²) in [4.78, 5) is 18.2. The van der Waals surface area contributed by atoms with E-state index in [1.807, 2.05) is 79.3 Å². The van der Waals surface area contributed by atoms with Crippen LogP contribution in [0.3, 0.4) is 0 Å². The van der Waals surface area contributed by atoms with Gasteiger partial charge in [-0.25, -0.2) is 0 Å². The van der Waals surface area contributed by atoms with Gasteiger partial charge in [0.05, 0.1) is 16.6 Å². The maximum absolute atomic E-state index is 6.30. The highest BCUT2D eigenvalue weighted by Gasteiger charge is 2.13. The largest absolute Gasteiger partial charge is 0.383 e. The van der Waals surface area contributed by atoms with E-state index in [4.69, 9.17) is 34.8 Å². The molecule has 0 saturated heterocycles. The SMILES string of the molecule is CN(CCNc1ccnc2cc(Cl)ccc12)CCN(CCNc1ccnc2cc(Cl)ccc12)c1ccnc2cc(Cl)ccc12. The van der Waals surface area contributed by atoms with Crippen molar-refractivity contribution in [3.8, 4) is 0 Å². The van der Waals surface area contributed by atoms with Crippen molar-refractivity contribution in [2.24, 2.45) is 0 Å². The summed E-state index contributed by atoms with van der Waals surface area (Å²) in [5, 5.41) is 12.4. The molecule has 224 valence electrons. The number of likely N-dealkylation sites (N-methyl/N-ethyl adjacent to an activating group) is 1. The standard InChI is InChI=1S/C34H32Cl3N7/c1-43(16-14-41-29-8-11-38-31-20-23(35)2-5-26(29)31)18-19-44(34-10-13-40-33-22-25(37)4-7-28(33)34)17-15-42-30-9-12-39-32-21-24(36)3-6-27(30)32/h2-13,20-22H,14-19H2,1H3,(H,38,41)(H,39,42). The molecule has 2 N–H and O–H groups in total. The third kappa shape index (κ3) is 7.08. The molecule has 10 heteroatoms. The van der Waals surface area contributed by atoms with Crippen LogP contribution in [0.1, 0.15) is 0 Å². The topological polar surface area (TPSA) is 69.2 Å². The fourth-order valence-electron chi connectivity index (χ4n) is 5.40. The summed E-state index contributed by atoms with van der Waals surface area (Å²) in [6.45, 7) is 4.92. The molecule has 0 aliphatic heterocycles. The third-order valence-electron chi connectivity index (χ3n) is 7.69. The lowest BCUT2D eigenvalue weighted by molar-refractivity contribution is 0.353. The fourth-order valence-corrected chi connectivity index (χ4v) is 5.89. The maximum atomic E-state index is 6.30. The lowest BCUT2D eigenvalue weighted by Crippen LogP contribution is -2.37. The molecule has 0 bridgehead atoms. The summed E-state index contributed by atoms with van der Waals surface area (Å²) in [6, 6.07) is 23.6. The number of rotatable bonds is 12. The Morgan fingerprint density at radius 3 is 1.59 bits per heavy atom. The molecule has 0 radical (unpaired) electrons. The maximum Gasteiger partial charge on any atom is 0.0737 e. The van der Waals surface area contributed by atoms with Gasteiger partial charge in [-0.05, 0) is 79.8 Å².